The van der Waals surface area contributed by atoms with E-state index in [0.29, 0.717) is 6.04 Å². The first kappa shape index (κ1) is 8.50. The van der Waals surface area contributed by atoms with Crippen molar-refractivity contribution in [2.45, 2.75) is 6.04 Å². The molecule has 0 unspecified atom stereocenters. The van der Waals surface area contributed by atoms with Gasteiger partial charge < -0.3 is 4.74 Å². The van der Waals surface area contributed by atoms with Crippen LogP contribution < -0.4 is 0 Å². The lowest BCUT2D eigenvalue weighted by molar-refractivity contribution is -0.0573. The molecule has 0 amide bonds. The minimum absolute atomic E-state index is 0.589. The van der Waals surface area contributed by atoms with Crippen LogP contribution in [0.5, 0.6) is 0 Å². The molecule has 0 aromatic rings. The maximum atomic E-state index is 5.10. The summed E-state index contributed by atoms with van der Waals surface area (Å²) in [4.78, 5) is 2.31. The lowest BCUT2D eigenvalue weighted by Gasteiger charge is -2.35. The molecule has 0 aliphatic carbocycles. The summed E-state index contributed by atoms with van der Waals surface area (Å²) >= 11 is 0. The van der Waals surface area contributed by atoms with Gasteiger partial charge in [-0.05, 0) is 0 Å². The molecule has 0 radical (unpaired) electrons. The van der Waals surface area contributed by atoms with Crippen molar-refractivity contribution in [1.29, 1.82) is 0 Å². The largest absolute Gasteiger partial charge is 0.378 e. The molecule has 2 nitrogen and oxygen atoms in total. The fourth-order valence-electron chi connectivity index (χ4n) is 1.14. The Hall–Kier alpha value is -0.600. The Kier molecular flexibility index (Phi) is 3.33. The number of hydrogen-bond acceptors (Lipinski definition) is 2. The molecule has 0 N–H and O–H groups in total. The summed E-state index contributed by atoms with van der Waals surface area (Å²) in [5, 5.41) is 0. The van der Waals surface area contributed by atoms with E-state index in [4.69, 9.17) is 4.74 Å². The summed E-state index contributed by atoms with van der Waals surface area (Å²) in [6.45, 7) is 11.0. The van der Waals surface area contributed by atoms with Crippen LogP contribution in [0.15, 0.2) is 25.3 Å². The van der Waals surface area contributed by atoms with Crippen LogP contribution in [0.25, 0.3) is 0 Å². The molecule has 62 valence electrons. The molecular weight excluding hydrogens is 138 g/mol. The zero-order valence-electron chi connectivity index (χ0n) is 6.83. The maximum absolute atomic E-state index is 5.10. The number of ether oxygens (including phenoxy) is 1. The molecular formula is C9H15NO. The molecule has 0 saturated carbocycles. The molecule has 0 aromatic heterocycles. The summed E-state index contributed by atoms with van der Waals surface area (Å²) in [6, 6.07) is 0.589. The number of nitrogens with zero attached hydrogens (tertiary/aromatic N) is 1. The molecule has 0 bridgehead atoms. The maximum Gasteiger partial charge on any atom is 0.0645 e. The fourth-order valence-corrected chi connectivity index (χ4v) is 1.14. The quantitative estimate of drug-likeness (QED) is 0.548. The van der Waals surface area contributed by atoms with Gasteiger partial charge in [0.15, 0.2) is 0 Å². The standard InChI is InChI=1S/C9H15NO/c1-3-5-10(6-4-2)9-7-11-8-9/h3-4,9H,1-2,5-8H2. The summed E-state index contributed by atoms with van der Waals surface area (Å²) < 4.78 is 5.10. The zero-order valence-corrected chi connectivity index (χ0v) is 6.83. The van der Waals surface area contributed by atoms with Crippen LogP contribution in [-0.4, -0.2) is 37.2 Å². The molecule has 1 heterocycles. The Morgan fingerprint density at radius 1 is 1.27 bits per heavy atom. The van der Waals surface area contributed by atoms with Crippen LogP contribution in [0.4, 0.5) is 0 Å². The second kappa shape index (κ2) is 4.31. The van der Waals surface area contributed by atoms with Gasteiger partial charge in [-0.1, -0.05) is 12.2 Å². The Morgan fingerprint density at radius 3 is 2.09 bits per heavy atom. The summed E-state index contributed by atoms with van der Waals surface area (Å²) in [5.74, 6) is 0. The number of hydrogen-bond donors (Lipinski definition) is 0. The van der Waals surface area contributed by atoms with Gasteiger partial charge in [-0.25, -0.2) is 0 Å². The second-order valence-electron chi connectivity index (χ2n) is 2.72. The number of rotatable bonds is 5. The molecule has 0 atom stereocenters. The Labute approximate surface area is 68.1 Å². The van der Waals surface area contributed by atoms with Crippen molar-refractivity contribution in [1.82, 2.24) is 4.90 Å². The lowest BCUT2D eigenvalue weighted by atomic mass is 10.2. The van der Waals surface area contributed by atoms with Gasteiger partial charge in [0.25, 0.3) is 0 Å². The van der Waals surface area contributed by atoms with E-state index in [0.717, 1.165) is 26.3 Å². The van der Waals surface area contributed by atoms with E-state index >= 15 is 0 Å². The van der Waals surface area contributed by atoms with Crippen LogP contribution in [0.2, 0.25) is 0 Å². The average molecular weight is 153 g/mol. The summed E-state index contributed by atoms with van der Waals surface area (Å²) in [5.41, 5.74) is 0. The predicted molar refractivity (Wildman–Crippen MR) is 46.6 cm³/mol. The van der Waals surface area contributed by atoms with Gasteiger partial charge in [0, 0.05) is 13.1 Å². The topological polar surface area (TPSA) is 12.5 Å². The highest BCUT2D eigenvalue weighted by atomic mass is 16.5. The normalized spacial score (nSPS) is 17.9. The first-order valence-corrected chi connectivity index (χ1v) is 3.92. The van der Waals surface area contributed by atoms with Gasteiger partial charge in [-0.15, -0.1) is 13.2 Å². The second-order valence-corrected chi connectivity index (χ2v) is 2.72. The van der Waals surface area contributed by atoms with E-state index in [2.05, 4.69) is 18.1 Å². The van der Waals surface area contributed by atoms with E-state index in [-0.39, 0.29) is 0 Å². The first-order chi connectivity index (χ1) is 5.38. The highest BCUT2D eigenvalue weighted by Crippen LogP contribution is 2.09. The van der Waals surface area contributed by atoms with Crippen molar-refractivity contribution >= 4 is 0 Å². The van der Waals surface area contributed by atoms with Crippen molar-refractivity contribution in [3.05, 3.63) is 25.3 Å². The highest BCUT2D eigenvalue weighted by Gasteiger charge is 2.23. The fraction of sp³-hybridized carbons (Fsp3) is 0.556. The Balaban J connectivity index is 2.29. The van der Waals surface area contributed by atoms with Crippen molar-refractivity contribution in [3.63, 3.8) is 0 Å². The molecule has 0 spiro atoms. The molecule has 2 heteroatoms. The highest BCUT2D eigenvalue weighted by molar-refractivity contribution is 4.87. The van der Waals surface area contributed by atoms with Crippen LogP contribution in [0.1, 0.15) is 0 Å². The van der Waals surface area contributed by atoms with E-state index < -0.39 is 0 Å². The van der Waals surface area contributed by atoms with Gasteiger partial charge in [0.1, 0.15) is 0 Å². The predicted octanol–water partition coefficient (Wildman–Crippen LogP) is 1.06. The van der Waals surface area contributed by atoms with E-state index in [1.807, 2.05) is 12.2 Å². The van der Waals surface area contributed by atoms with Crippen molar-refractivity contribution in [2.24, 2.45) is 0 Å². The van der Waals surface area contributed by atoms with Gasteiger partial charge >= 0.3 is 0 Å². The monoisotopic (exact) mass is 153 g/mol. The molecule has 1 aliphatic heterocycles. The zero-order chi connectivity index (χ0) is 8.10. The lowest BCUT2D eigenvalue weighted by Crippen LogP contribution is -2.49. The molecule has 0 aromatic carbocycles. The van der Waals surface area contributed by atoms with E-state index in [1.165, 1.54) is 0 Å². The third kappa shape index (κ3) is 2.17. The van der Waals surface area contributed by atoms with E-state index in [1.54, 1.807) is 0 Å². The Morgan fingerprint density at radius 2 is 1.82 bits per heavy atom. The molecule has 1 fully saturated rings. The van der Waals surface area contributed by atoms with Gasteiger partial charge in [0.05, 0.1) is 19.3 Å². The average Bonchev–Trinajstić information content (AvgIpc) is 1.85. The summed E-state index contributed by atoms with van der Waals surface area (Å²) in [6.07, 6.45) is 3.84. The summed E-state index contributed by atoms with van der Waals surface area (Å²) in [7, 11) is 0. The molecule has 1 aliphatic rings. The van der Waals surface area contributed by atoms with Crippen LogP contribution in [0, 0.1) is 0 Å². The SMILES string of the molecule is C=CCN(CC=C)C1COC1. The van der Waals surface area contributed by atoms with Crippen LogP contribution in [0.3, 0.4) is 0 Å². The van der Waals surface area contributed by atoms with Crippen molar-refractivity contribution in [3.8, 4) is 0 Å². The minimum Gasteiger partial charge on any atom is -0.378 e. The third-order valence-electron chi connectivity index (χ3n) is 1.86. The van der Waals surface area contributed by atoms with Gasteiger partial charge in [0.2, 0.25) is 0 Å². The smallest absolute Gasteiger partial charge is 0.0645 e. The van der Waals surface area contributed by atoms with Gasteiger partial charge in [-0.2, -0.15) is 0 Å². The van der Waals surface area contributed by atoms with Crippen molar-refractivity contribution in [2.75, 3.05) is 26.3 Å². The molecule has 1 rings (SSSR count). The minimum atomic E-state index is 0.589. The third-order valence-corrected chi connectivity index (χ3v) is 1.86. The van der Waals surface area contributed by atoms with Crippen LogP contribution >= 0.6 is 0 Å². The molecule has 1 saturated heterocycles. The van der Waals surface area contributed by atoms with E-state index in [9.17, 15) is 0 Å². The molecule has 11 heavy (non-hydrogen) atoms. The first-order valence-electron chi connectivity index (χ1n) is 3.92. The Bertz CT molecular complexity index is 130. The van der Waals surface area contributed by atoms with Gasteiger partial charge in [-0.3, -0.25) is 4.90 Å². The van der Waals surface area contributed by atoms with Crippen LogP contribution in [-0.2, 0) is 4.74 Å². The van der Waals surface area contributed by atoms with Crippen molar-refractivity contribution < 1.29 is 4.74 Å².